The van der Waals surface area contributed by atoms with Crippen molar-refractivity contribution in [2.45, 2.75) is 6.54 Å². The van der Waals surface area contributed by atoms with Crippen molar-refractivity contribution in [3.05, 3.63) is 70.0 Å². The number of rotatable bonds is 6. The molecule has 0 saturated heterocycles. The fraction of sp³-hybridized carbons (Fsp3) is 0.133. The second-order valence-electron chi connectivity index (χ2n) is 4.42. The molecule has 1 N–H and O–H groups in total. The second-order valence-corrected chi connectivity index (χ2v) is 4.42. The van der Waals surface area contributed by atoms with E-state index >= 15 is 0 Å². The van der Waals surface area contributed by atoms with Crippen LogP contribution in [0.5, 0.6) is 5.75 Å². The fourth-order valence-corrected chi connectivity index (χ4v) is 1.73. The largest absolute Gasteiger partial charge is 0.477 e. The molecule has 0 aliphatic heterocycles. The highest BCUT2D eigenvalue weighted by molar-refractivity contribution is 5.77. The van der Waals surface area contributed by atoms with Gasteiger partial charge in [-0.15, -0.1) is 0 Å². The van der Waals surface area contributed by atoms with Gasteiger partial charge in [-0.1, -0.05) is 24.3 Å². The van der Waals surface area contributed by atoms with Crippen molar-refractivity contribution in [1.29, 1.82) is 0 Å². The van der Waals surface area contributed by atoms with Crippen molar-refractivity contribution in [3.8, 4) is 5.75 Å². The molecule has 2 rings (SSSR count). The van der Waals surface area contributed by atoms with Gasteiger partial charge in [0.2, 0.25) is 0 Å². The molecule has 0 aliphatic carbocycles. The standard InChI is InChI=1S/C15H13FN2O4/c16-12-7-5-11(6-8-12)9-17-15(19)10-22-14-4-2-1-3-13(14)18(20)21/h1-8H,9-10H2,(H,17,19). The lowest BCUT2D eigenvalue weighted by atomic mass is 10.2. The van der Waals surface area contributed by atoms with E-state index in [1.165, 1.54) is 30.3 Å². The Bertz CT molecular complexity index is 673. The Morgan fingerprint density at radius 1 is 1.18 bits per heavy atom. The lowest BCUT2D eigenvalue weighted by Crippen LogP contribution is -2.28. The van der Waals surface area contributed by atoms with Crippen molar-refractivity contribution >= 4 is 11.6 Å². The minimum absolute atomic E-state index is 0.0319. The molecule has 7 heteroatoms. The molecular formula is C15H13FN2O4. The maximum Gasteiger partial charge on any atom is 0.310 e. The third-order valence-corrected chi connectivity index (χ3v) is 2.82. The Morgan fingerprint density at radius 3 is 2.55 bits per heavy atom. The molecule has 6 nitrogen and oxygen atoms in total. The highest BCUT2D eigenvalue weighted by atomic mass is 19.1. The molecule has 1 amide bonds. The Labute approximate surface area is 125 Å². The number of amides is 1. The van der Waals surface area contributed by atoms with Gasteiger partial charge in [-0.3, -0.25) is 14.9 Å². The molecule has 0 heterocycles. The summed E-state index contributed by atoms with van der Waals surface area (Å²) in [6.07, 6.45) is 0. The van der Waals surface area contributed by atoms with Gasteiger partial charge in [0.15, 0.2) is 12.4 Å². The van der Waals surface area contributed by atoms with Crippen LogP contribution >= 0.6 is 0 Å². The van der Waals surface area contributed by atoms with Crippen molar-refractivity contribution in [2.75, 3.05) is 6.61 Å². The van der Waals surface area contributed by atoms with E-state index in [4.69, 9.17) is 4.74 Å². The normalized spacial score (nSPS) is 10.0. The van der Waals surface area contributed by atoms with Crippen molar-refractivity contribution in [1.82, 2.24) is 5.32 Å². The number of nitro benzene ring substituents is 1. The first kappa shape index (κ1) is 15.4. The van der Waals surface area contributed by atoms with Crippen LogP contribution in [0.1, 0.15) is 5.56 Å². The molecule has 0 aromatic heterocycles. The Balaban J connectivity index is 1.85. The zero-order valence-corrected chi connectivity index (χ0v) is 11.5. The van der Waals surface area contributed by atoms with Crippen LogP contribution in [0.25, 0.3) is 0 Å². The van der Waals surface area contributed by atoms with Crippen LogP contribution in [0.2, 0.25) is 0 Å². The first-order valence-corrected chi connectivity index (χ1v) is 6.43. The lowest BCUT2D eigenvalue weighted by Gasteiger charge is -2.08. The number of carbonyl (C=O) groups excluding carboxylic acids is 1. The van der Waals surface area contributed by atoms with Gasteiger partial charge >= 0.3 is 5.69 Å². The summed E-state index contributed by atoms with van der Waals surface area (Å²) in [7, 11) is 0. The smallest absolute Gasteiger partial charge is 0.310 e. The molecule has 2 aromatic rings. The van der Waals surface area contributed by atoms with Gasteiger partial charge in [-0.05, 0) is 23.8 Å². The number of halogens is 1. The Morgan fingerprint density at radius 2 is 1.86 bits per heavy atom. The minimum atomic E-state index is -0.578. The minimum Gasteiger partial charge on any atom is -0.477 e. The molecule has 114 valence electrons. The number of hydrogen-bond donors (Lipinski definition) is 1. The molecule has 0 spiro atoms. The van der Waals surface area contributed by atoms with Gasteiger partial charge in [0, 0.05) is 12.6 Å². The quantitative estimate of drug-likeness (QED) is 0.656. The van der Waals surface area contributed by atoms with Crippen LogP contribution < -0.4 is 10.1 Å². The van der Waals surface area contributed by atoms with Gasteiger partial charge < -0.3 is 10.1 Å². The van der Waals surface area contributed by atoms with E-state index in [1.807, 2.05) is 0 Å². The van der Waals surface area contributed by atoms with Crippen molar-refractivity contribution in [3.63, 3.8) is 0 Å². The van der Waals surface area contributed by atoms with E-state index < -0.39 is 10.8 Å². The average molecular weight is 304 g/mol. The molecule has 0 saturated carbocycles. The molecular weight excluding hydrogens is 291 g/mol. The van der Waals surface area contributed by atoms with Gasteiger partial charge in [0.05, 0.1) is 4.92 Å². The number of nitrogens with zero attached hydrogens (tertiary/aromatic N) is 1. The summed E-state index contributed by atoms with van der Waals surface area (Å²) in [5.74, 6) is -0.748. The number of nitrogens with one attached hydrogen (secondary N) is 1. The second kappa shape index (κ2) is 7.16. The van der Waals surface area contributed by atoms with E-state index in [-0.39, 0.29) is 30.4 Å². The summed E-state index contributed by atoms with van der Waals surface area (Å²) in [6, 6.07) is 11.5. The summed E-state index contributed by atoms with van der Waals surface area (Å²) in [5, 5.41) is 13.4. The molecule has 0 aliphatic rings. The maximum absolute atomic E-state index is 12.7. The molecule has 0 unspecified atom stereocenters. The van der Waals surface area contributed by atoms with Gasteiger partial charge in [-0.2, -0.15) is 0 Å². The van der Waals surface area contributed by atoms with Gasteiger partial charge in [-0.25, -0.2) is 4.39 Å². The van der Waals surface area contributed by atoms with Crippen LogP contribution in [0.4, 0.5) is 10.1 Å². The lowest BCUT2D eigenvalue weighted by molar-refractivity contribution is -0.385. The highest BCUT2D eigenvalue weighted by Crippen LogP contribution is 2.25. The summed E-state index contributed by atoms with van der Waals surface area (Å²) < 4.78 is 17.9. The van der Waals surface area contributed by atoms with Gasteiger partial charge in [0.1, 0.15) is 5.82 Å². The first-order chi connectivity index (χ1) is 10.6. The number of carbonyl (C=O) groups is 1. The van der Waals surface area contributed by atoms with Crippen LogP contribution in [0.3, 0.4) is 0 Å². The van der Waals surface area contributed by atoms with Crippen LogP contribution in [0.15, 0.2) is 48.5 Å². The zero-order valence-electron chi connectivity index (χ0n) is 11.5. The van der Waals surface area contributed by atoms with Gasteiger partial charge in [0.25, 0.3) is 5.91 Å². The topological polar surface area (TPSA) is 81.5 Å². The third-order valence-electron chi connectivity index (χ3n) is 2.82. The number of ether oxygens (including phenoxy) is 1. The number of hydrogen-bond acceptors (Lipinski definition) is 4. The van der Waals surface area contributed by atoms with Crippen molar-refractivity contribution in [2.24, 2.45) is 0 Å². The number of benzene rings is 2. The van der Waals surface area contributed by atoms with Crippen LogP contribution in [-0.4, -0.2) is 17.4 Å². The summed E-state index contributed by atoms with van der Waals surface area (Å²) in [5.41, 5.74) is 0.536. The molecule has 0 atom stereocenters. The molecule has 0 bridgehead atoms. The van der Waals surface area contributed by atoms with E-state index in [2.05, 4.69) is 5.32 Å². The molecule has 0 radical (unpaired) electrons. The predicted molar refractivity (Wildman–Crippen MR) is 76.8 cm³/mol. The van der Waals surface area contributed by atoms with E-state index in [0.717, 1.165) is 5.56 Å². The summed E-state index contributed by atoms with van der Waals surface area (Å²) >= 11 is 0. The number of para-hydroxylation sites is 2. The number of nitro groups is 1. The SMILES string of the molecule is O=C(COc1ccccc1[N+](=O)[O-])NCc1ccc(F)cc1. The highest BCUT2D eigenvalue weighted by Gasteiger charge is 2.14. The summed E-state index contributed by atoms with van der Waals surface area (Å²) in [6.45, 7) is -0.120. The van der Waals surface area contributed by atoms with E-state index in [9.17, 15) is 19.3 Å². The average Bonchev–Trinajstić information content (AvgIpc) is 2.52. The zero-order chi connectivity index (χ0) is 15.9. The van der Waals surface area contributed by atoms with Crippen molar-refractivity contribution < 1.29 is 18.8 Å². The van der Waals surface area contributed by atoms with E-state index in [0.29, 0.717) is 0 Å². The Kier molecular flexibility index (Phi) is 5.02. The maximum atomic E-state index is 12.7. The van der Waals surface area contributed by atoms with Crippen LogP contribution in [-0.2, 0) is 11.3 Å². The monoisotopic (exact) mass is 304 g/mol. The van der Waals surface area contributed by atoms with Crippen LogP contribution in [0, 0.1) is 15.9 Å². The van der Waals surface area contributed by atoms with E-state index in [1.54, 1.807) is 18.2 Å². The molecule has 2 aromatic carbocycles. The molecule has 0 fully saturated rings. The predicted octanol–water partition coefficient (Wildman–Crippen LogP) is 2.43. The summed E-state index contributed by atoms with van der Waals surface area (Å²) in [4.78, 5) is 21.9. The third kappa shape index (κ3) is 4.27. The molecule has 22 heavy (non-hydrogen) atoms. The Hall–Kier alpha value is -2.96. The first-order valence-electron chi connectivity index (χ1n) is 6.43. The fourth-order valence-electron chi connectivity index (χ4n) is 1.73.